The topological polar surface area (TPSA) is 98.7 Å². The van der Waals surface area contributed by atoms with E-state index in [1.165, 1.54) is 19.2 Å². The molecule has 1 fully saturated rings. The molecule has 168 valence electrons. The second-order valence-corrected chi connectivity index (χ2v) is 8.89. The number of carbonyl (C=O) groups is 1. The lowest BCUT2D eigenvalue weighted by Crippen LogP contribution is -2.23. The molecule has 33 heavy (non-hydrogen) atoms. The quantitative estimate of drug-likeness (QED) is 0.467. The minimum absolute atomic E-state index is 0.0669. The van der Waals surface area contributed by atoms with Crippen LogP contribution in [0.5, 0.6) is 0 Å². The van der Waals surface area contributed by atoms with Gasteiger partial charge in [0.25, 0.3) is 5.91 Å². The number of aromatic nitrogens is 4. The van der Waals surface area contributed by atoms with Crippen molar-refractivity contribution in [2.24, 2.45) is 0 Å². The van der Waals surface area contributed by atoms with Crippen LogP contribution in [0.2, 0.25) is 0 Å². The molecule has 1 aliphatic carbocycles. The van der Waals surface area contributed by atoms with Crippen molar-refractivity contribution in [3.8, 4) is 11.3 Å². The fourth-order valence-electron chi connectivity index (χ4n) is 4.73. The fraction of sp³-hybridized carbons (Fsp3) is 0.308. The SMILES string of the molecule is Cc1ccc(C(=O)NCc2ccc(-c3nn(C4CCCC4)c4ncnc(N)c34)cc2)c(C)c1. The predicted octanol–water partition coefficient (Wildman–Crippen LogP) is 4.74. The average Bonchev–Trinajstić information content (AvgIpc) is 3.46. The van der Waals surface area contributed by atoms with Gasteiger partial charge in [0.1, 0.15) is 17.8 Å². The number of nitrogens with zero attached hydrogens (tertiary/aromatic N) is 4. The van der Waals surface area contributed by atoms with Crippen molar-refractivity contribution in [3.05, 3.63) is 71.0 Å². The summed E-state index contributed by atoms with van der Waals surface area (Å²) in [5.74, 6) is 0.381. The summed E-state index contributed by atoms with van der Waals surface area (Å²) in [7, 11) is 0. The van der Waals surface area contributed by atoms with E-state index in [1.54, 1.807) is 0 Å². The van der Waals surface area contributed by atoms with Crippen LogP contribution in [-0.2, 0) is 6.54 Å². The molecule has 2 aromatic carbocycles. The van der Waals surface area contributed by atoms with Crippen LogP contribution in [0.4, 0.5) is 5.82 Å². The van der Waals surface area contributed by atoms with Gasteiger partial charge in [-0.15, -0.1) is 0 Å². The van der Waals surface area contributed by atoms with Gasteiger partial charge < -0.3 is 11.1 Å². The number of benzene rings is 2. The predicted molar refractivity (Wildman–Crippen MR) is 130 cm³/mol. The molecular weight excluding hydrogens is 412 g/mol. The summed E-state index contributed by atoms with van der Waals surface area (Å²) in [4.78, 5) is 21.3. The number of nitrogens with one attached hydrogen (secondary N) is 1. The molecule has 1 saturated carbocycles. The van der Waals surface area contributed by atoms with E-state index in [9.17, 15) is 4.79 Å². The first-order chi connectivity index (χ1) is 16.0. The number of aryl methyl sites for hydroxylation is 2. The molecule has 1 aliphatic rings. The highest BCUT2D eigenvalue weighted by atomic mass is 16.1. The van der Waals surface area contributed by atoms with E-state index in [0.717, 1.165) is 51.8 Å². The summed E-state index contributed by atoms with van der Waals surface area (Å²) < 4.78 is 2.04. The molecule has 0 saturated heterocycles. The third-order valence-corrected chi connectivity index (χ3v) is 6.50. The normalized spacial score (nSPS) is 14.1. The Kier molecular flexibility index (Phi) is 5.54. The lowest BCUT2D eigenvalue weighted by atomic mass is 10.0. The smallest absolute Gasteiger partial charge is 0.251 e. The van der Waals surface area contributed by atoms with Crippen LogP contribution >= 0.6 is 0 Å². The molecule has 0 bridgehead atoms. The van der Waals surface area contributed by atoms with E-state index < -0.39 is 0 Å². The number of hydrogen-bond acceptors (Lipinski definition) is 5. The fourth-order valence-corrected chi connectivity index (χ4v) is 4.73. The monoisotopic (exact) mass is 440 g/mol. The highest BCUT2D eigenvalue weighted by molar-refractivity contribution is 5.98. The van der Waals surface area contributed by atoms with E-state index in [-0.39, 0.29) is 5.91 Å². The van der Waals surface area contributed by atoms with E-state index in [1.807, 2.05) is 61.0 Å². The van der Waals surface area contributed by atoms with Crippen LogP contribution in [0.25, 0.3) is 22.3 Å². The number of rotatable bonds is 5. The van der Waals surface area contributed by atoms with Crippen molar-refractivity contribution in [2.75, 3.05) is 5.73 Å². The number of nitrogens with two attached hydrogens (primary N) is 1. The molecule has 2 heterocycles. The van der Waals surface area contributed by atoms with E-state index in [4.69, 9.17) is 10.8 Å². The minimum Gasteiger partial charge on any atom is -0.383 e. The van der Waals surface area contributed by atoms with E-state index >= 15 is 0 Å². The van der Waals surface area contributed by atoms with Crippen molar-refractivity contribution in [1.29, 1.82) is 0 Å². The van der Waals surface area contributed by atoms with Gasteiger partial charge in [-0.1, -0.05) is 54.8 Å². The van der Waals surface area contributed by atoms with Crippen LogP contribution < -0.4 is 11.1 Å². The summed E-state index contributed by atoms with van der Waals surface area (Å²) in [6.45, 7) is 4.44. The standard InChI is InChI=1S/C26H28N6O/c1-16-7-12-21(17(2)13-16)26(33)28-14-18-8-10-19(11-9-18)23-22-24(27)29-15-30-25(22)32(31-23)20-5-3-4-6-20/h7-13,15,20H,3-6,14H2,1-2H3,(H,28,33)(H2,27,29,30). The molecule has 7 heteroatoms. The van der Waals surface area contributed by atoms with Crippen LogP contribution in [0, 0.1) is 13.8 Å². The minimum atomic E-state index is -0.0669. The number of nitrogen functional groups attached to an aromatic ring is 1. The Labute approximate surface area is 193 Å². The van der Waals surface area contributed by atoms with Crippen LogP contribution in [0.15, 0.2) is 48.8 Å². The maximum atomic E-state index is 12.6. The first kappa shape index (κ1) is 21.1. The molecular formula is C26H28N6O. The zero-order valence-corrected chi connectivity index (χ0v) is 19.0. The summed E-state index contributed by atoms with van der Waals surface area (Å²) in [6, 6.07) is 14.3. The van der Waals surface area contributed by atoms with Crippen molar-refractivity contribution < 1.29 is 4.79 Å². The number of carbonyl (C=O) groups excluding carboxylic acids is 1. The molecule has 0 spiro atoms. The Morgan fingerprint density at radius 3 is 2.58 bits per heavy atom. The maximum Gasteiger partial charge on any atom is 0.251 e. The maximum absolute atomic E-state index is 12.6. The van der Waals surface area contributed by atoms with Crippen molar-refractivity contribution in [1.82, 2.24) is 25.1 Å². The number of hydrogen-bond donors (Lipinski definition) is 2. The number of amides is 1. The van der Waals surface area contributed by atoms with Gasteiger partial charge in [0.05, 0.1) is 11.4 Å². The second kappa shape index (κ2) is 8.65. The highest BCUT2D eigenvalue weighted by Crippen LogP contribution is 2.36. The molecule has 5 rings (SSSR count). The Balaban J connectivity index is 1.38. The molecule has 7 nitrogen and oxygen atoms in total. The van der Waals surface area contributed by atoms with Gasteiger partial charge in [0, 0.05) is 17.7 Å². The third-order valence-electron chi connectivity index (χ3n) is 6.50. The Morgan fingerprint density at radius 2 is 1.85 bits per heavy atom. The summed E-state index contributed by atoms with van der Waals surface area (Å²) in [6.07, 6.45) is 6.16. The lowest BCUT2D eigenvalue weighted by molar-refractivity contribution is 0.0950. The van der Waals surface area contributed by atoms with E-state index in [2.05, 4.69) is 15.3 Å². The summed E-state index contributed by atoms with van der Waals surface area (Å²) >= 11 is 0. The van der Waals surface area contributed by atoms with Gasteiger partial charge in [0.15, 0.2) is 5.65 Å². The number of fused-ring (bicyclic) bond motifs is 1. The second-order valence-electron chi connectivity index (χ2n) is 8.89. The van der Waals surface area contributed by atoms with Gasteiger partial charge in [-0.3, -0.25) is 4.79 Å². The van der Waals surface area contributed by atoms with Gasteiger partial charge in [-0.05, 0) is 43.9 Å². The molecule has 0 atom stereocenters. The average molecular weight is 441 g/mol. The molecule has 1 amide bonds. The van der Waals surface area contributed by atoms with Crippen LogP contribution in [-0.4, -0.2) is 25.7 Å². The zero-order chi connectivity index (χ0) is 22.9. The van der Waals surface area contributed by atoms with Crippen molar-refractivity contribution >= 4 is 22.8 Å². The molecule has 4 aromatic rings. The lowest BCUT2D eigenvalue weighted by Gasteiger charge is -2.10. The Morgan fingerprint density at radius 1 is 1.09 bits per heavy atom. The number of anilines is 1. The van der Waals surface area contributed by atoms with Crippen molar-refractivity contribution in [3.63, 3.8) is 0 Å². The van der Waals surface area contributed by atoms with Gasteiger partial charge in [-0.25, -0.2) is 14.6 Å². The zero-order valence-electron chi connectivity index (χ0n) is 19.0. The largest absolute Gasteiger partial charge is 0.383 e. The Bertz CT molecular complexity index is 1320. The van der Waals surface area contributed by atoms with Crippen LogP contribution in [0.3, 0.4) is 0 Å². The van der Waals surface area contributed by atoms with Crippen molar-refractivity contribution in [2.45, 2.75) is 52.1 Å². The molecule has 0 aliphatic heterocycles. The summed E-state index contributed by atoms with van der Waals surface area (Å²) in [5, 5.41) is 8.75. The molecule has 2 aromatic heterocycles. The molecule has 0 unspecified atom stereocenters. The first-order valence-electron chi connectivity index (χ1n) is 11.4. The first-order valence-corrected chi connectivity index (χ1v) is 11.4. The molecule has 0 radical (unpaired) electrons. The van der Waals surface area contributed by atoms with Gasteiger partial charge in [0.2, 0.25) is 0 Å². The van der Waals surface area contributed by atoms with Gasteiger partial charge in [-0.2, -0.15) is 5.10 Å². The van der Waals surface area contributed by atoms with Gasteiger partial charge >= 0.3 is 0 Å². The summed E-state index contributed by atoms with van der Waals surface area (Å²) in [5.41, 5.74) is 12.7. The highest BCUT2D eigenvalue weighted by Gasteiger charge is 2.24. The third kappa shape index (κ3) is 4.06. The van der Waals surface area contributed by atoms with E-state index in [0.29, 0.717) is 24.0 Å². The Hall–Kier alpha value is -3.74. The van der Waals surface area contributed by atoms with Crippen LogP contribution in [0.1, 0.15) is 58.8 Å². The molecule has 3 N–H and O–H groups in total.